The lowest BCUT2D eigenvalue weighted by molar-refractivity contribution is -0.199. The van der Waals surface area contributed by atoms with Crippen LogP contribution in [0.25, 0.3) is 0 Å². The zero-order valence-electron chi connectivity index (χ0n) is 22.6. The average molecular weight is 543 g/mol. The van der Waals surface area contributed by atoms with E-state index in [0.29, 0.717) is 43.3 Å². The lowest BCUT2D eigenvalue weighted by Gasteiger charge is -2.29. The van der Waals surface area contributed by atoms with Crippen molar-refractivity contribution in [2.24, 2.45) is 10.8 Å². The second kappa shape index (κ2) is 14.0. The molecule has 3 aliphatic heterocycles. The Kier molecular flexibility index (Phi) is 11.7. The first-order valence-corrected chi connectivity index (χ1v) is 14.0. The van der Waals surface area contributed by atoms with E-state index in [1.165, 1.54) is 0 Å². The number of thioether (sulfide) groups is 1. The van der Waals surface area contributed by atoms with Crippen molar-refractivity contribution < 1.29 is 33.5 Å². The first kappa shape index (κ1) is 30.9. The van der Waals surface area contributed by atoms with Gasteiger partial charge in [0.2, 0.25) is 5.91 Å². The van der Waals surface area contributed by atoms with Gasteiger partial charge in [0.05, 0.1) is 31.7 Å². The number of nitrogens with zero attached hydrogens (tertiary/aromatic N) is 1. The first-order valence-electron chi connectivity index (χ1n) is 12.9. The maximum atomic E-state index is 12.1. The maximum Gasteiger partial charge on any atom is 0.333 e. The molecule has 37 heavy (non-hydrogen) atoms. The van der Waals surface area contributed by atoms with Crippen molar-refractivity contribution in [1.82, 2.24) is 21.0 Å². The molecule has 3 fully saturated rings. The van der Waals surface area contributed by atoms with Gasteiger partial charge in [0.1, 0.15) is 0 Å². The third-order valence-electron chi connectivity index (χ3n) is 6.04. The Morgan fingerprint density at radius 3 is 2.14 bits per heavy atom. The highest BCUT2D eigenvalue weighted by Crippen LogP contribution is 2.25. The zero-order valence-corrected chi connectivity index (χ0v) is 23.5. The van der Waals surface area contributed by atoms with Gasteiger partial charge in [-0.1, -0.05) is 41.0 Å². The predicted octanol–water partition coefficient (Wildman–Crippen LogP) is 2.14. The molecule has 3 heterocycles. The molecule has 3 rings (SSSR count). The molecule has 0 spiro atoms. The molecule has 210 valence electrons. The van der Waals surface area contributed by atoms with Crippen molar-refractivity contribution >= 4 is 41.5 Å². The number of nitrogens with one attached hydrogen (secondary N) is 3. The van der Waals surface area contributed by atoms with Crippen LogP contribution in [0.5, 0.6) is 0 Å². The van der Waals surface area contributed by atoms with Gasteiger partial charge < -0.3 is 25.5 Å². The second-order valence-electron chi connectivity index (χ2n) is 11.3. The Morgan fingerprint density at radius 2 is 1.57 bits per heavy atom. The van der Waals surface area contributed by atoms with Crippen LogP contribution < -0.4 is 16.0 Å². The van der Waals surface area contributed by atoms with Gasteiger partial charge in [-0.3, -0.25) is 14.4 Å². The number of hydrogen-bond acceptors (Lipinski definition) is 8. The van der Waals surface area contributed by atoms with Gasteiger partial charge in [-0.2, -0.15) is 11.8 Å². The summed E-state index contributed by atoms with van der Waals surface area (Å²) in [6, 6.07) is 0.815. The van der Waals surface area contributed by atoms with Crippen molar-refractivity contribution in [3.05, 3.63) is 0 Å². The molecule has 0 saturated carbocycles. The predicted molar refractivity (Wildman–Crippen MR) is 139 cm³/mol. The van der Waals surface area contributed by atoms with Crippen molar-refractivity contribution in [3.63, 3.8) is 0 Å². The van der Waals surface area contributed by atoms with E-state index >= 15 is 0 Å². The largest absolute Gasteiger partial charge is 0.380 e. The number of ether oxygens (including phenoxy) is 1. The van der Waals surface area contributed by atoms with Gasteiger partial charge in [0, 0.05) is 42.7 Å². The molecule has 0 aromatic heterocycles. The SMILES string of the molecule is CCCCC(=O)NCC(C)(C)COCC(C)(C)CC(=O)ON1C(=O)CCC1=O.O=C1NC2CSCC2N1. The van der Waals surface area contributed by atoms with Gasteiger partial charge in [0.15, 0.2) is 0 Å². The van der Waals surface area contributed by atoms with Crippen LogP contribution in [0.1, 0.15) is 73.1 Å². The molecule has 0 aliphatic carbocycles. The molecule has 2 atom stereocenters. The van der Waals surface area contributed by atoms with Crippen LogP contribution in [0.3, 0.4) is 0 Å². The summed E-state index contributed by atoms with van der Waals surface area (Å²) in [6.45, 7) is 11.0. The molecule has 3 aliphatic rings. The average Bonchev–Trinajstić information content (AvgIpc) is 3.47. The number of urea groups is 1. The van der Waals surface area contributed by atoms with E-state index in [1.807, 2.05) is 46.4 Å². The maximum absolute atomic E-state index is 12.1. The summed E-state index contributed by atoms with van der Waals surface area (Å²) < 4.78 is 5.78. The van der Waals surface area contributed by atoms with Crippen LogP contribution in [0.15, 0.2) is 0 Å². The highest BCUT2D eigenvalue weighted by atomic mass is 32.2. The van der Waals surface area contributed by atoms with Crippen LogP contribution in [0.2, 0.25) is 0 Å². The number of imide groups is 1. The summed E-state index contributed by atoms with van der Waals surface area (Å²) in [7, 11) is 0. The smallest absolute Gasteiger partial charge is 0.333 e. The molecule has 5 amide bonds. The summed E-state index contributed by atoms with van der Waals surface area (Å²) >= 11 is 1.89. The molecule has 2 unspecified atom stereocenters. The number of hydrogen-bond donors (Lipinski definition) is 3. The van der Waals surface area contributed by atoms with Gasteiger partial charge in [-0.25, -0.2) is 9.59 Å². The molecule has 3 saturated heterocycles. The van der Waals surface area contributed by atoms with Crippen LogP contribution in [0.4, 0.5) is 4.79 Å². The molecular formula is C25H42N4O7S. The Bertz CT molecular complexity index is 819. The standard InChI is InChI=1S/C20H34N2O6.C5H8N2OS/c1-6-7-8-15(23)21-12-20(4,5)14-27-13-19(2,3)11-18(26)28-22-16(24)9-10-17(22)25;8-5-6-3-1-9-2-4(3)7-5/h6-14H2,1-5H3,(H,21,23);3-4H,1-2H2,(H2,6,7,8). The number of unbranched alkanes of at least 4 members (excludes halogenated alkanes) is 1. The van der Waals surface area contributed by atoms with Crippen LogP contribution >= 0.6 is 11.8 Å². The zero-order chi connectivity index (χ0) is 27.6. The highest BCUT2D eigenvalue weighted by molar-refractivity contribution is 7.99. The summed E-state index contributed by atoms with van der Waals surface area (Å²) in [6.07, 6.45) is 2.55. The van der Waals surface area contributed by atoms with Gasteiger partial charge in [-0.05, 0) is 11.8 Å². The number of carbonyl (C=O) groups is 5. The normalized spacial score (nSPS) is 21.1. The fraction of sp³-hybridized carbons (Fsp3) is 0.800. The number of rotatable bonds is 12. The molecular weight excluding hydrogens is 500 g/mol. The fourth-order valence-electron chi connectivity index (χ4n) is 3.87. The molecule has 0 aromatic rings. The molecule has 11 nitrogen and oxygen atoms in total. The van der Waals surface area contributed by atoms with E-state index in [0.717, 1.165) is 24.3 Å². The van der Waals surface area contributed by atoms with Crippen molar-refractivity contribution in [3.8, 4) is 0 Å². The van der Waals surface area contributed by atoms with Crippen molar-refractivity contribution in [2.75, 3.05) is 31.3 Å². The van der Waals surface area contributed by atoms with Gasteiger partial charge in [-0.15, -0.1) is 5.06 Å². The van der Waals surface area contributed by atoms with E-state index < -0.39 is 23.2 Å². The fourth-order valence-corrected chi connectivity index (χ4v) is 5.14. The van der Waals surface area contributed by atoms with E-state index in [9.17, 15) is 24.0 Å². The minimum atomic E-state index is -0.639. The minimum absolute atomic E-state index is 0.00491. The molecule has 0 radical (unpaired) electrons. The number of fused-ring (bicyclic) bond motifs is 1. The van der Waals surface area contributed by atoms with Crippen LogP contribution in [-0.4, -0.2) is 78.1 Å². The summed E-state index contributed by atoms with van der Waals surface area (Å²) in [4.78, 5) is 62.3. The van der Waals surface area contributed by atoms with E-state index in [4.69, 9.17) is 9.57 Å². The molecule has 0 aromatic carbocycles. The molecule has 12 heteroatoms. The summed E-state index contributed by atoms with van der Waals surface area (Å²) in [5.74, 6) is 0.571. The Hall–Kier alpha value is -2.34. The Balaban J connectivity index is 0.000000439. The van der Waals surface area contributed by atoms with Gasteiger partial charge >= 0.3 is 12.0 Å². The summed E-state index contributed by atoms with van der Waals surface area (Å²) in [5.41, 5.74) is -0.768. The minimum Gasteiger partial charge on any atom is -0.380 e. The Labute approximate surface area is 223 Å². The van der Waals surface area contributed by atoms with Crippen molar-refractivity contribution in [2.45, 2.75) is 85.2 Å². The highest BCUT2D eigenvalue weighted by Gasteiger charge is 2.36. The lowest BCUT2D eigenvalue weighted by atomic mass is 9.90. The van der Waals surface area contributed by atoms with Crippen LogP contribution in [-0.2, 0) is 28.8 Å². The lowest BCUT2D eigenvalue weighted by Crippen LogP contribution is -2.38. The van der Waals surface area contributed by atoms with E-state index in [2.05, 4.69) is 16.0 Å². The number of hydroxylamine groups is 2. The second-order valence-corrected chi connectivity index (χ2v) is 12.4. The van der Waals surface area contributed by atoms with E-state index in [1.54, 1.807) is 0 Å². The topological polar surface area (TPSA) is 143 Å². The van der Waals surface area contributed by atoms with Crippen molar-refractivity contribution in [1.29, 1.82) is 0 Å². The number of amides is 5. The van der Waals surface area contributed by atoms with Crippen LogP contribution in [0, 0.1) is 10.8 Å². The Morgan fingerprint density at radius 1 is 1.00 bits per heavy atom. The van der Waals surface area contributed by atoms with E-state index in [-0.39, 0.29) is 36.6 Å². The summed E-state index contributed by atoms with van der Waals surface area (Å²) in [5, 5.41) is 9.17. The first-order chi connectivity index (χ1) is 17.3. The number of carbonyl (C=O) groups excluding carboxylic acids is 5. The molecule has 0 bridgehead atoms. The third kappa shape index (κ3) is 10.9. The molecule has 3 N–H and O–H groups in total. The third-order valence-corrected chi connectivity index (χ3v) is 7.23. The van der Waals surface area contributed by atoms with Gasteiger partial charge in [0.25, 0.3) is 11.8 Å². The quantitative estimate of drug-likeness (QED) is 0.251. The monoisotopic (exact) mass is 542 g/mol.